The Morgan fingerprint density at radius 1 is 1.19 bits per heavy atom. The predicted molar refractivity (Wildman–Crippen MR) is 78.9 cm³/mol. The van der Waals surface area contributed by atoms with Crippen LogP contribution in [0.1, 0.15) is 0 Å². The molecule has 21 heavy (non-hydrogen) atoms. The molecule has 0 spiro atoms. The molecule has 0 radical (unpaired) electrons. The van der Waals surface area contributed by atoms with Crippen LogP contribution in [0.4, 0.5) is 5.69 Å². The molecule has 0 N–H and O–H groups in total. The van der Waals surface area contributed by atoms with E-state index in [9.17, 15) is 10.1 Å². The van der Waals surface area contributed by atoms with E-state index < -0.39 is 4.92 Å². The third kappa shape index (κ3) is 2.79. The molecule has 104 valence electrons. The van der Waals surface area contributed by atoms with Gasteiger partial charge >= 0.3 is 0 Å². The maximum Gasteiger partial charge on any atom is 0.270 e. The van der Waals surface area contributed by atoms with Gasteiger partial charge in [0.1, 0.15) is 6.33 Å². The maximum absolute atomic E-state index is 10.8. The number of rotatable bonds is 3. The Balaban J connectivity index is 1.96. The van der Waals surface area contributed by atoms with E-state index in [-0.39, 0.29) is 5.69 Å². The molecule has 2 heterocycles. The number of pyridine rings is 1. The van der Waals surface area contributed by atoms with Gasteiger partial charge in [-0.3, -0.25) is 10.1 Å². The van der Waals surface area contributed by atoms with Crippen LogP contribution in [0, 0.1) is 10.1 Å². The Kier molecular flexibility index (Phi) is 3.44. The molecule has 0 amide bonds. The zero-order valence-electron chi connectivity index (χ0n) is 10.5. The fourth-order valence-corrected chi connectivity index (χ4v) is 2.00. The average Bonchev–Trinajstić information content (AvgIpc) is 2.98. The standard InChI is InChI=1S/C13H8BrN5O2/c14-10-4-5-12(15-7-10)18-8-16-13(17-18)9-2-1-3-11(6-9)19(20)21/h1-8H. The van der Waals surface area contributed by atoms with Crippen molar-refractivity contribution in [3.8, 4) is 17.2 Å². The van der Waals surface area contributed by atoms with Gasteiger partial charge in [-0.15, -0.1) is 5.10 Å². The number of nitrogens with zero attached hydrogens (tertiary/aromatic N) is 5. The summed E-state index contributed by atoms with van der Waals surface area (Å²) >= 11 is 3.31. The van der Waals surface area contributed by atoms with Crippen LogP contribution in [0.2, 0.25) is 0 Å². The van der Waals surface area contributed by atoms with E-state index >= 15 is 0 Å². The van der Waals surface area contributed by atoms with Crippen molar-refractivity contribution >= 4 is 21.6 Å². The molecule has 0 atom stereocenters. The Hall–Kier alpha value is -2.61. The van der Waals surface area contributed by atoms with Crippen LogP contribution in [0.25, 0.3) is 17.2 Å². The number of hydrogen-bond donors (Lipinski definition) is 0. The van der Waals surface area contributed by atoms with Crippen LogP contribution in [0.3, 0.4) is 0 Å². The second-order valence-corrected chi connectivity index (χ2v) is 5.07. The van der Waals surface area contributed by atoms with Crippen molar-refractivity contribution in [3.63, 3.8) is 0 Å². The third-order valence-corrected chi connectivity index (χ3v) is 3.22. The summed E-state index contributed by atoms with van der Waals surface area (Å²) < 4.78 is 2.38. The van der Waals surface area contributed by atoms with Gasteiger partial charge in [-0.2, -0.15) is 0 Å². The first kappa shape index (κ1) is 13.4. The SMILES string of the molecule is O=[N+]([O-])c1cccc(-c2ncn(-c3ccc(Br)cn3)n2)c1. The molecule has 0 unspecified atom stereocenters. The van der Waals surface area contributed by atoms with Gasteiger partial charge in [0, 0.05) is 28.4 Å². The Morgan fingerprint density at radius 3 is 2.76 bits per heavy atom. The highest BCUT2D eigenvalue weighted by Crippen LogP contribution is 2.21. The monoisotopic (exact) mass is 345 g/mol. The topological polar surface area (TPSA) is 86.7 Å². The van der Waals surface area contributed by atoms with Crippen molar-refractivity contribution < 1.29 is 4.92 Å². The van der Waals surface area contributed by atoms with Crippen molar-refractivity contribution in [3.05, 3.63) is 63.5 Å². The lowest BCUT2D eigenvalue weighted by Gasteiger charge is -1.99. The van der Waals surface area contributed by atoms with E-state index in [4.69, 9.17) is 0 Å². The van der Waals surface area contributed by atoms with Gasteiger partial charge in [0.05, 0.1) is 4.92 Å². The van der Waals surface area contributed by atoms with Crippen molar-refractivity contribution in [1.29, 1.82) is 0 Å². The minimum atomic E-state index is -0.448. The molecule has 1 aromatic carbocycles. The summed E-state index contributed by atoms with van der Waals surface area (Å²) in [5.74, 6) is 1.02. The first-order chi connectivity index (χ1) is 10.1. The smallest absolute Gasteiger partial charge is 0.258 e. The first-order valence-corrected chi connectivity index (χ1v) is 6.71. The van der Waals surface area contributed by atoms with Gasteiger partial charge in [0.15, 0.2) is 11.6 Å². The molecule has 0 aliphatic heterocycles. The molecule has 2 aromatic heterocycles. The summed E-state index contributed by atoms with van der Waals surface area (Å²) in [5, 5.41) is 15.1. The molecular weight excluding hydrogens is 338 g/mol. The van der Waals surface area contributed by atoms with Crippen molar-refractivity contribution in [2.24, 2.45) is 0 Å². The lowest BCUT2D eigenvalue weighted by Crippen LogP contribution is -1.97. The van der Waals surface area contributed by atoms with E-state index in [0.29, 0.717) is 17.2 Å². The lowest BCUT2D eigenvalue weighted by molar-refractivity contribution is -0.384. The van der Waals surface area contributed by atoms with Crippen LogP contribution >= 0.6 is 15.9 Å². The largest absolute Gasteiger partial charge is 0.270 e. The lowest BCUT2D eigenvalue weighted by atomic mass is 10.2. The molecule has 0 aliphatic rings. The highest BCUT2D eigenvalue weighted by Gasteiger charge is 2.11. The van der Waals surface area contributed by atoms with Crippen molar-refractivity contribution in [2.75, 3.05) is 0 Å². The average molecular weight is 346 g/mol. The predicted octanol–water partition coefficient (Wildman–Crippen LogP) is 3.00. The van der Waals surface area contributed by atoms with E-state index in [1.807, 2.05) is 6.07 Å². The normalized spacial score (nSPS) is 10.5. The molecule has 0 saturated heterocycles. The highest BCUT2D eigenvalue weighted by atomic mass is 79.9. The summed E-state index contributed by atoms with van der Waals surface area (Å²) in [6.45, 7) is 0. The molecule has 3 rings (SSSR count). The maximum atomic E-state index is 10.8. The Bertz CT molecular complexity index is 800. The number of nitro groups is 1. The van der Waals surface area contributed by atoms with Gasteiger partial charge in [0.2, 0.25) is 0 Å². The van der Waals surface area contributed by atoms with E-state index in [0.717, 1.165) is 4.47 Å². The van der Waals surface area contributed by atoms with Gasteiger partial charge in [-0.25, -0.2) is 14.6 Å². The summed E-state index contributed by atoms with van der Waals surface area (Å²) in [5.41, 5.74) is 0.589. The second-order valence-electron chi connectivity index (χ2n) is 4.15. The van der Waals surface area contributed by atoms with Crippen molar-refractivity contribution in [2.45, 2.75) is 0 Å². The quantitative estimate of drug-likeness (QED) is 0.537. The fourth-order valence-electron chi connectivity index (χ4n) is 1.77. The molecule has 3 aromatic rings. The van der Waals surface area contributed by atoms with Crippen LogP contribution in [-0.2, 0) is 0 Å². The van der Waals surface area contributed by atoms with E-state index in [2.05, 4.69) is 31.0 Å². The Labute approximate surface area is 127 Å². The number of halogens is 1. The first-order valence-electron chi connectivity index (χ1n) is 5.92. The highest BCUT2D eigenvalue weighted by molar-refractivity contribution is 9.10. The second kappa shape index (κ2) is 5.41. The molecule has 0 aliphatic carbocycles. The minimum Gasteiger partial charge on any atom is -0.258 e. The molecule has 8 heteroatoms. The van der Waals surface area contributed by atoms with Gasteiger partial charge in [0.25, 0.3) is 5.69 Å². The molecular formula is C13H8BrN5O2. The summed E-state index contributed by atoms with van der Waals surface area (Å²) in [6, 6.07) is 9.83. The summed E-state index contributed by atoms with van der Waals surface area (Å²) in [4.78, 5) is 18.7. The Morgan fingerprint density at radius 2 is 2.05 bits per heavy atom. The number of non-ortho nitro benzene ring substituents is 1. The van der Waals surface area contributed by atoms with E-state index in [1.165, 1.54) is 23.1 Å². The number of hydrogen-bond acceptors (Lipinski definition) is 5. The van der Waals surface area contributed by atoms with Crippen LogP contribution in [0.15, 0.2) is 53.4 Å². The molecule has 7 nitrogen and oxygen atoms in total. The zero-order valence-corrected chi connectivity index (χ0v) is 12.1. The number of aromatic nitrogens is 4. The summed E-state index contributed by atoms with van der Waals surface area (Å²) in [6.07, 6.45) is 3.18. The number of nitro benzene ring substituents is 1. The number of benzene rings is 1. The van der Waals surface area contributed by atoms with Gasteiger partial charge < -0.3 is 0 Å². The molecule has 0 bridgehead atoms. The van der Waals surface area contributed by atoms with Crippen LogP contribution < -0.4 is 0 Å². The van der Waals surface area contributed by atoms with Crippen LogP contribution in [-0.4, -0.2) is 24.7 Å². The van der Waals surface area contributed by atoms with Gasteiger partial charge in [-0.05, 0) is 28.1 Å². The summed E-state index contributed by atoms with van der Waals surface area (Å²) in [7, 11) is 0. The minimum absolute atomic E-state index is 0.00520. The fraction of sp³-hybridized carbons (Fsp3) is 0. The van der Waals surface area contributed by atoms with Gasteiger partial charge in [-0.1, -0.05) is 12.1 Å². The van der Waals surface area contributed by atoms with Crippen LogP contribution in [0.5, 0.6) is 0 Å². The van der Waals surface area contributed by atoms with E-state index in [1.54, 1.807) is 24.4 Å². The van der Waals surface area contributed by atoms with Crippen molar-refractivity contribution in [1.82, 2.24) is 19.7 Å². The third-order valence-electron chi connectivity index (χ3n) is 2.75. The molecule has 0 saturated carbocycles. The zero-order chi connectivity index (χ0) is 14.8. The molecule has 0 fully saturated rings.